The molecular weight excluding hydrogens is 188 g/mol. The standard InChI is InChI=1S/C12H26N2O/c1-4-14(2)10-9-13-11-5-7-12(15-3)8-6-11/h11-13H,4-10H2,1-3H3. The molecule has 0 amide bonds. The van der Waals surface area contributed by atoms with Gasteiger partial charge in [-0.25, -0.2) is 0 Å². The fraction of sp³-hybridized carbons (Fsp3) is 1.00. The van der Waals surface area contributed by atoms with Crippen molar-refractivity contribution in [2.45, 2.75) is 44.8 Å². The molecule has 0 saturated heterocycles. The molecule has 1 fully saturated rings. The first-order chi connectivity index (χ1) is 7.26. The van der Waals surface area contributed by atoms with Crippen LogP contribution in [0.15, 0.2) is 0 Å². The Morgan fingerprint density at radius 1 is 1.27 bits per heavy atom. The van der Waals surface area contributed by atoms with E-state index in [1.807, 2.05) is 7.11 Å². The van der Waals surface area contributed by atoms with E-state index in [-0.39, 0.29) is 0 Å². The molecule has 3 nitrogen and oxygen atoms in total. The normalized spacial score (nSPS) is 27.2. The molecule has 1 N–H and O–H groups in total. The van der Waals surface area contributed by atoms with Gasteiger partial charge in [0.15, 0.2) is 0 Å². The van der Waals surface area contributed by atoms with E-state index >= 15 is 0 Å². The number of rotatable bonds is 6. The van der Waals surface area contributed by atoms with Crippen LogP contribution in [0.1, 0.15) is 32.6 Å². The lowest BCUT2D eigenvalue weighted by molar-refractivity contribution is 0.0623. The fourth-order valence-corrected chi connectivity index (χ4v) is 2.12. The van der Waals surface area contributed by atoms with Gasteiger partial charge in [0.2, 0.25) is 0 Å². The predicted molar refractivity (Wildman–Crippen MR) is 64.2 cm³/mol. The Labute approximate surface area is 94.2 Å². The molecule has 1 aliphatic carbocycles. The van der Waals surface area contributed by atoms with Crippen molar-refractivity contribution in [2.24, 2.45) is 0 Å². The quantitative estimate of drug-likeness (QED) is 0.725. The zero-order chi connectivity index (χ0) is 11.1. The van der Waals surface area contributed by atoms with Gasteiger partial charge in [-0.2, -0.15) is 0 Å². The van der Waals surface area contributed by atoms with Crippen molar-refractivity contribution in [1.29, 1.82) is 0 Å². The van der Waals surface area contributed by atoms with Gasteiger partial charge >= 0.3 is 0 Å². The Kier molecular flexibility index (Phi) is 6.22. The van der Waals surface area contributed by atoms with Crippen LogP contribution in [0.5, 0.6) is 0 Å². The average Bonchev–Trinajstić information content (AvgIpc) is 2.29. The SMILES string of the molecule is CCN(C)CCNC1CCC(OC)CC1. The molecule has 0 unspecified atom stereocenters. The highest BCUT2D eigenvalue weighted by atomic mass is 16.5. The molecule has 15 heavy (non-hydrogen) atoms. The molecule has 90 valence electrons. The summed E-state index contributed by atoms with van der Waals surface area (Å²) in [7, 11) is 4.00. The number of hydrogen-bond donors (Lipinski definition) is 1. The van der Waals surface area contributed by atoms with Crippen LogP contribution >= 0.6 is 0 Å². The van der Waals surface area contributed by atoms with Crippen LogP contribution in [0, 0.1) is 0 Å². The molecule has 0 aliphatic heterocycles. The monoisotopic (exact) mass is 214 g/mol. The highest BCUT2D eigenvalue weighted by Crippen LogP contribution is 2.20. The molecule has 0 aromatic rings. The number of nitrogens with one attached hydrogen (secondary N) is 1. The first-order valence-corrected chi connectivity index (χ1v) is 6.21. The second-order valence-corrected chi connectivity index (χ2v) is 4.56. The Hall–Kier alpha value is -0.120. The second-order valence-electron chi connectivity index (χ2n) is 4.56. The van der Waals surface area contributed by atoms with Crippen molar-refractivity contribution in [1.82, 2.24) is 10.2 Å². The molecular formula is C12H26N2O. The molecule has 0 aromatic carbocycles. The van der Waals surface area contributed by atoms with Crippen molar-refractivity contribution in [2.75, 3.05) is 33.8 Å². The van der Waals surface area contributed by atoms with Gasteiger partial charge in [0.25, 0.3) is 0 Å². The molecule has 1 saturated carbocycles. The summed E-state index contributed by atoms with van der Waals surface area (Å²) in [5, 5.41) is 3.63. The van der Waals surface area contributed by atoms with E-state index in [1.54, 1.807) is 0 Å². The van der Waals surface area contributed by atoms with Gasteiger partial charge in [-0.15, -0.1) is 0 Å². The first-order valence-electron chi connectivity index (χ1n) is 6.21. The molecule has 0 atom stereocenters. The Balaban J connectivity index is 2.03. The summed E-state index contributed by atoms with van der Waals surface area (Å²) in [6, 6.07) is 0.724. The minimum Gasteiger partial charge on any atom is -0.381 e. The van der Waals surface area contributed by atoms with Gasteiger partial charge in [-0.05, 0) is 39.3 Å². The third-order valence-electron chi connectivity index (χ3n) is 3.47. The van der Waals surface area contributed by atoms with Gasteiger partial charge in [0.05, 0.1) is 6.10 Å². The number of nitrogens with zero attached hydrogens (tertiary/aromatic N) is 1. The maximum Gasteiger partial charge on any atom is 0.0572 e. The summed E-state index contributed by atoms with van der Waals surface area (Å²) in [6.07, 6.45) is 5.50. The third-order valence-corrected chi connectivity index (χ3v) is 3.47. The lowest BCUT2D eigenvalue weighted by Crippen LogP contribution is -2.39. The minimum atomic E-state index is 0.515. The maximum absolute atomic E-state index is 5.36. The number of methoxy groups -OCH3 is 1. The van der Waals surface area contributed by atoms with Crippen LogP contribution in [0.2, 0.25) is 0 Å². The maximum atomic E-state index is 5.36. The van der Waals surface area contributed by atoms with E-state index in [2.05, 4.69) is 24.2 Å². The average molecular weight is 214 g/mol. The van der Waals surface area contributed by atoms with Crippen LogP contribution < -0.4 is 5.32 Å². The topological polar surface area (TPSA) is 24.5 Å². The van der Waals surface area contributed by atoms with Crippen LogP contribution in [0.25, 0.3) is 0 Å². The van der Waals surface area contributed by atoms with Crippen molar-refractivity contribution in [3.63, 3.8) is 0 Å². The van der Waals surface area contributed by atoms with E-state index in [4.69, 9.17) is 4.74 Å². The van der Waals surface area contributed by atoms with E-state index in [1.165, 1.54) is 25.7 Å². The zero-order valence-electron chi connectivity index (χ0n) is 10.5. The first kappa shape index (κ1) is 12.9. The van der Waals surface area contributed by atoms with E-state index in [0.29, 0.717) is 6.10 Å². The lowest BCUT2D eigenvalue weighted by Gasteiger charge is -2.28. The summed E-state index contributed by atoms with van der Waals surface area (Å²) < 4.78 is 5.36. The van der Waals surface area contributed by atoms with Gasteiger partial charge in [-0.1, -0.05) is 6.92 Å². The summed E-state index contributed by atoms with van der Waals surface area (Å²) in [5.74, 6) is 0. The number of hydrogen-bond acceptors (Lipinski definition) is 3. The Morgan fingerprint density at radius 2 is 1.93 bits per heavy atom. The molecule has 0 spiro atoms. The second kappa shape index (κ2) is 7.20. The summed E-state index contributed by atoms with van der Waals surface area (Å²) in [4.78, 5) is 2.34. The van der Waals surface area contributed by atoms with E-state index < -0.39 is 0 Å². The molecule has 0 aromatic heterocycles. The van der Waals surface area contributed by atoms with Crippen LogP contribution in [0.3, 0.4) is 0 Å². The van der Waals surface area contributed by atoms with Crippen molar-refractivity contribution in [3.8, 4) is 0 Å². The third kappa shape index (κ3) is 4.96. The smallest absolute Gasteiger partial charge is 0.0572 e. The van der Waals surface area contributed by atoms with Gasteiger partial charge in [0, 0.05) is 26.2 Å². The van der Waals surface area contributed by atoms with E-state index in [0.717, 1.165) is 25.7 Å². The molecule has 1 aliphatic rings. The predicted octanol–water partition coefficient (Wildman–Crippen LogP) is 1.49. The summed E-state index contributed by atoms with van der Waals surface area (Å²) in [5.41, 5.74) is 0. The summed E-state index contributed by atoms with van der Waals surface area (Å²) >= 11 is 0. The zero-order valence-corrected chi connectivity index (χ0v) is 10.5. The molecule has 0 bridgehead atoms. The molecule has 0 radical (unpaired) electrons. The largest absolute Gasteiger partial charge is 0.381 e. The number of likely N-dealkylation sites (N-methyl/N-ethyl adjacent to an activating group) is 1. The Morgan fingerprint density at radius 3 is 2.47 bits per heavy atom. The van der Waals surface area contributed by atoms with Gasteiger partial charge in [0.1, 0.15) is 0 Å². The van der Waals surface area contributed by atoms with Crippen molar-refractivity contribution < 1.29 is 4.74 Å². The van der Waals surface area contributed by atoms with Crippen LogP contribution in [-0.2, 0) is 4.74 Å². The fourth-order valence-electron chi connectivity index (χ4n) is 2.12. The minimum absolute atomic E-state index is 0.515. The molecule has 0 heterocycles. The highest BCUT2D eigenvalue weighted by molar-refractivity contribution is 4.77. The number of ether oxygens (including phenoxy) is 1. The highest BCUT2D eigenvalue weighted by Gasteiger charge is 2.19. The molecule has 3 heteroatoms. The van der Waals surface area contributed by atoms with Gasteiger partial charge < -0.3 is 15.0 Å². The van der Waals surface area contributed by atoms with Crippen molar-refractivity contribution >= 4 is 0 Å². The van der Waals surface area contributed by atoms with E-state index in [9.17, 15) is 0 Å². The van der Waals surface area contributed by atoms with Gasteiger partial charge in [-0.3, -0.25) is 0 Å². The van der Waals surface area contributed by atoms with Crippen LogP contribution in [-0.4, -0.2) is 50.8 Å². The van der Waals surface area contributed by atoms with Crippen molar-refractivity contribution in [3.05, 3.63) is 0 Å². The Bertz CT molecular complexity index is 156. The molecule has 1 rings (SSSR count). The van der Waals surface area contributed by atoms with Crippen LogP contribution in [0.4, 0.5) is 0 Å². The summed E-state index contributed by atoms with van der Waals surface area (Å²) in [6.45, 7) is 5.61. The lowest BCUT2D eigenvalue weighted by atomic mass is 9.93.